The molecule has 0 spiro atoms. The van der Waals surface area contributed by atoms with Crippen LogP contribution in [0.5, 0.6) is 0 Å². The van der Waals surface area contributed by atoms with Gasteiger partial charge in [-0.1, -0.05) is 37.6 Å². The lowest BCUT2D eigenvalue weighted by Gasteiger charge is -2.15. The quantitative estimate of drug-likeness (QED) is 0.714. The molecule has 0 heterocycles. The molecular weight excluding hydrogens is 198 g/mol. The van der Waals surface area contributed by atoms with Gasteiger partial charge in [0.1, 0.15) is 6.29 Å². The molecule has 16 heavy (non-hydrogen) atoms. The predicted octanol–water partition coefficient (Wildman–Crippen LogP) is 2.88. The van der Waals surface area contributed by atoms with Crippen molar-refractivity contribution in [3.63, 3.8) is 0 Å². The van der Waals surface area contributed by atoms with Crippen LogP contribution in [-0.2, 0) is 11.2 Å². The van der Waals surface area contributed by atoms with E-state index in [2.05, 4.69) is 36.5 Å². The Balaban J connectivity index is 2.64. The van der Waals surface area contributed by atoms with Crippen molar-refractivity contribution in [1.82, 2.24) is 5.32 Å². The second-order valence-corrected chi connectivity index (χ2v) is 4.08. The van der Waals surface area contributed by atoms with Crippen molar-refractivity contribution in [2.24, 2.45) is 0 Å². The van der Waals surface area contributed by atoms with E-state index in [1.54, 1.807) is 0 Å². The van der Waals surface area contributed by atoms with Gasteiger partial charge >= 0.3 is 0 Å². The molecule has 1 atom stereocenters. The van der Waals surface area contributed by atoms with Gasteiger partial charge in [-0.2, -0.15) is 0 Å². The summed E-state index contributed by atoms with van der Waals surface area (Å²) in [6.07, 6.45) is 4.77. The van der Waals surface area contributed by atoms with Gasteiger partial charge in [0.05, 0.1) is 0 Å². The van der Waals surface area contributed by atoms with Gasteiger partial charge in [0, 0.05) is 12.5 Å². The van der Waals surface area contributed by atoms with Crippen LogP contribution in [0.3, 0.4) is 0 Å². The van der Waals surface area contributed by atoms with Crippen molar-refractivity contribution < 1.29 is 4.79 Å². The first-order chi connectivity index (χ1) is 7.81. The highest BCUT2D eigenvalue weighted by Gasteiger charge is 2.06. The van der Waals surface area contributed by atoms with Gasteiger partial charge in [0.15, 0.2) is 0 Å². The lowest BCUT2D eigenvalue weighted by atomic mass is 10.00. The van der Waals surface area contributed by atoms with E-state index in [-0.39, 0.29) is 0 Å². The Morgan fingerprint density at radius 3 is 2.50 bits per heavy atom. The Hall–Kier alpha value is -1.15. The summed E-state index contributed by atoms with van der Waals surface area (Å²) in [5, 5.41) is 3.33. The zero-order chi connectivity index (χ0) is 11.8. The van der Waals surface area contributed by atoms with Crippen molar-refractivity contribution in [3.05, 3.63) is 35.4 Å². The van der Waals surface area contributed by atoms with Crippen LogP contribution in [-0.4, -0.2) is 13.3 Å². The van der Waals surface area contributed by atoms with E-state index >= 15 is 0 Å². The molecule has 1 unspecified atom stereocenters. The Labute approximate surface area is 98.1 Å². The molecule has 0 saturated heterocycles. The van der Waals surface area contributed by atoms with E-state index in [1.165, 1.54) is 17.5 Å². The highest BCUT2D eigenvalue weighted by atomic mass is 16.1. The Bertz CT molecular complexity index is 305. The van der Waals surface area contributed by atoms with Crippen molar-refractivity contribution >= 4 is 6.29 Å². The van der Waals surface area contributed by atoms with Crippen molar-refractivity contribution in [2.75, 3.05) is 7.05 Å². The van der Waals surface area contributed by atoms with Crippen LogP contribution >= 0.6 is 0 Å². The number of benzene rings is 1. The SMILES string of the molecule is CCCC(NC)c1ccc(CCC=O)cc1. The normalized spacial score (nSPS) is 12.4. The summed E-state index contributed by atoms with van der Waals surface area (Å²) in [5.41, 5.74) is 2.57. The lowest BCUT2D eigenvalue weighted by molar-refractivity contribution is -0.107. The van der Waals surface area contributed by atoms with Crippen molar-refractivity contribution in [1.29, 1.82) is 0 Å². The number of carbonyl (C=O) groups excluding carboxylic acids is 1. The topological polar surface area (TPSA) is 29.1 Å². The molecule has 0 aliphatic heterocycles. The fraction of sp³-hybridized carbons (Fsp3) is 0.500. The molecule has 2 heteroatoms. The fourth-order valence-corrected chi connectivity index (χ4v) is 1.91. The van der Waals surface area contributed by atoms with Gasteiger partial charge < -0.3 is 10.1 Å². The third-order valence-electron chi connectivity index (χ3n) is 2.86. The zero-order valence-corrected chi connectivity index (χ0v) is 10.2. The molecule has 0 bridgehead atoms. The molecule has 2 nitrogen and oxygen atoms in total. The summed E-state index contributed by atoms with van der Waals surface area (Å²) in [6.45, 7) is 2.20. The molecule has 88 valence electrons. The fourth-order valence-electron chi connectivity index (χ4n) is 1.91. The minimum atomic E-state index is 0.449. The number of carbonyl (C=O) groups is 1. The third-order valence-corrected chi connectivity index (χ3v) is 2.86. The number of hydrogen-bond donors (Lipinski definition) is 1. The first-order valence-corrected chi connectivity index (χ1v) is 6.01. The maximum atomic E-state index is 10.3. The second kappa shape index (κ2) is 7.18. The average molecular weight is 219 g/mol. The van der Waals surface area contributed by atoms with Gasteiger partial charge in [-0.25, -0.2) is 0 Å². The monoisotopic (exact) mass is 219 g/mol. The number of hydrogen-bond acceptors (Lipinski definition) is 2. The molecule has 0 aliphatic carbocycles. The third kappa shape index (κ3) is 3.78. The molecule has 0 saturated carbocycles. The van der Waals surface area contributed by atoms with E-state index < -0.39 is 0 Å². The Kier molecular flexibility index (Phi) is 5.79. The van der Waals surface area contributed by atoms with Crippen LogP contribution in [0, 0.1) is 0 Å². The van der Waals surface area contributed by atoms with Gasteiger partial charge in [-0.15, -0.1) is 0 Å². The molecule has 0 aliphatic rings. The number of nitrogens with one attached hydrogen (secondary N) is 1. The molecule has 0 amide bonds. The molecule has 0 radical (unpaired) electrons. The molecule has 1 N–H and O–H groups in total. The average Bonchev–Trinajstić information content (AvgIpc) is 2.34. The molecular formula is C14H21NO. The lowest BCUT2D eigenvalue weighted by Crippen LogP contribution is -2.15. The van der Waals surface area contributed by atoms with Crippen LogP contribution in [0.25, 0.3) is 0 Å². The predicted molar refractivity (Wildman–Crippen MR) is 67.5 cm³/mol. The van der Waals surface area contributed by atoms with Gasteiger partial charge in [-0.05, 0) is 31.0 Å². The standard InChI is InChI=1S/C14H21NO/c1-3-5-14(15-2)13-9-7-12(8-10-13)6-4-11-16/h7-11,14-15H,3-6H2,1-2H3. The maximum Gasteiger partial charge on any atom is 0.120 e. The van der Waals surface area contributed by atoms with Crippen LogP contribution < -0.4 is 5.32 Å². The number of rotatable bonds is 7. The number of aldehydes is 1. The van der Waals surface area contributed by atoms with E-state index in [1.807, 2.05) is 7.05 Å². The van der Waals surface area contributed by atoms with E-state index in [0.29, 0.717) is 12.5 Å². The molecule has 1 aromatic rings. The maximum absolute atomic E-state index is 10.3. The van der Waals surface area contributed by atoms with Crippen molar-refractivity contribution in [3.8, 4) is 0 Å². The summed E-state index contributed by atoms with van der Waals surface area (Å²) in [7, 11) is 2.00. The summed E-state index contributed by atoms with van der Waals surface area (Å²) >= 11 is 0. The molecule has 1 rings (SSSR count). The summed E-state index contributed by atoms with van der Waals surface area (Å²) < 4.78 is 0. The highest BCUT2D eigenvalue weighted by molar-refractivity contribution is 5.50. The molecule has 0 aromatic heterocycles. The van der Waals surface area contributed by atoms with E-state index in [9.17, 15) is 4.79 Å². The zero-order valence-electron chi connectivity index (χ0n) is 10.2. The summed E-state index contributed by atoms with van der Waals surface area (Å²) in [4.78, 5) is 10.3. The van der Waals surface area contributed by atoms with Crippen LogP contribution in [0.15, 0.2) is 24.3 Å². The second-order valence-electron chi connectivity index (χ2n) is 4.08. The van der Waals surface area contributed by atoms with E-state index in [0.717, 1.165) is 19.1 Å². The van der Waals surface area contributed by atoms with E-state index in [4.69, 9.17) is 0 Å². The van der Waals surface area contributed by atoms with Crippen LogP contribution in [0.1, 0.15) is 43.4 Å². The Morgan fingerprint density at radius 2 is 2.00 bits per heavy atom. The van der Waals surface area contributed by atoms with Crippen molar-refractivity contribution in [2.45, 2.75) is 38.6 Å². The minimum absolute atomic E-state index is 0.449. The first-order valence-electron chi connectivity index (χ1n) is 6.01. The number of aryl methyl sites for hydroxylation is 1. The summed E-state index contributed by atoms with van der Waals surface area (Å²) in [6, 6.07) is 9.02. The molecule has 1 aromatic carbocycles. The minimum Gasteiger partial charge on any atom is -0.313 e. The van der Waals surface area contributed by atoms with Crippen LogP contribution in [0.2, 0.25) is 0 Å². The van der Waals surface area contributed by atoms with Crippen LogP contribution in [0.4, 0.5) is 0 Å². The molecule has 0 fully saturated rings. The highest BCUT2D eigenvalue weighted by Crippen LogP contribution is 2.18. The first kappa shape index (κ1) is 12.9. The Morgan fingerprint density at radius 1 is 1.31 bits per heavy atom. The smallest absolute Gasteiger partial charge is 0.120 e. The van der Waals surface area contributed by atoms with Gasteiger partial charge in [-0.3, -0.25) is 0 Å². The summed E-state index contributed by atoms with van der Waals surface area (Å²) in [5.74, 6) is 0. The largest absolute Gasteiger partial charge is 0.313 e. The van der Waals surface area contributed by atoms with Gasteiger partial charge in [0.25, 0.3) is 0 Å². The van der Waals surface area contributed by atoms with Gasteiger partial charge in [0.2, 0.25) is 0 Å².